The third kappa shape index (κ3) is 3.59. The monoisotopic (exact) mass is 363 g/mol. The summed E-state index contributed by atoms with van der Waals surface area (Å²) < 4.78 is 10.1. The molecule has 0 spiro atoms. The minimum Gasteiger partial charge on any atom is -0.481 e. The number of aromatic nitrogens is 2. The number of nitrogens with zero attached hydrogens (tertiary/aromatic N) is 3. The van der Waals surface area contributed by atoms with Gasteiger partial charge in [0.15, 0.2) is 0 Å². The Hall–Kier alpha value is -2.19. The summed E-state index contributed by atoms with van der Waals surface area (Å²) in [5.74, 6) is 0.0674. The van der Waals surface area contributed by atoms with Gasteiger partial charge in [-0.3, -0.25) is 4.79 Å². The van der Waals surface area contributed by atoms with E-state index in [1.54, 1.807) is 16.2 Å². The van der Waals surface area contributed by atoms with Gasteiger partial charge in [0.25, 0.3) is 5.91 Å². The summed E-state index contributed by atoms with van der Waals surface area (Å²) in [5.41, 5.74) is 1.39. The Morgan fingerprint density at radius 3 is 2.76 bits per heavy atom. The standard InChI is InChI=1S/C17H21N3O4S/c1-10-5-7-25-15(10)11-4-6-20(9-13(11)21)16(22)12-8-14(23-2)19-17(18-12)24-3/h5,7-8,11,13,21H,4,6,9H2,1-3H3/t11-,13-/m1/s1. The fraction of sp³-hybridized carbons (Fsp3) is 0.471. The molecule has 8 heteroatoms. The summed E-state index contributed by atoms with van der Waals surface area (Å²) in [6.45, 7) is 2.89. The van der Waals surface area contributed by atoms with Crippen molar-refractivity contribution in [2.75, 3.05) is 27.3 Å². The second-order valence-electron chi connectivity index (χ2n) is 5.96. The Balaban J connectivity index is 1.76. The fourth-order valence-electron chi connectivity index (χ4n) is 3.06. The van der Waals surface area contributed by atoms with Crippen LogP contribution in [0.5, 0.6) is 11.9 Å². The largest absolute Gasteiger partial charge is 0.481 e. The molecule has 0 aliphatic carbocycles. The van der Waals surface area contributed by atoms with Crippen molar-refractivity contribution in [2.24, 2.45) is 0 Å². The van der Waals surface area contributed by atoms with Crippen molar-refractivity contribution in [3.63, 3.8) is 0 Å². The second-order valence-corrected chi connectivity index (χ2v) is 6.91. The molecule has 0 saturated carbocycles. The second kappa shape index (κ2) is 7.37. The number of carbonyl (C=O) groups excluding carboxylic acids is 1. The van der Waals surface area contributed by atoms with Gasteiger partial charge < -0.3 is 19.5 Å². The molecule has 134 valence electrons. The average molecular weight is 363 g/mol. The van der Waals surface area contributed by atoms with Crippen LogP contribution >= 0.6 is 11.3 Å². The van der Waals surface area contributed by atoms with Crippen molar-refractivity contribution in [3.05, 3.63) is 33.6 Å². The Bertz CT molecular complexity index is 742. The molecule has 2 atom stereocenters. The van der Waals surface area contributed by atoms with E-state index in [2.05, 4.69) is 23.0 Å². The number of piperidine rings is 1. The number of methoxy groups -OCH3 is 2. The normalized spacial score (nSPS) is 20.4. The lowest BCUT2D eigenvalue weighted by molar-refractivity contribution is 0.0381. The van der Waals surface area contributed by atoms with E-state index in [-0.39, 0.29) is 36.0 Å². The number of thiophene rings is 1. The van der Waals surface area contributed by atoms with Crippen LogP contribution < -0.4 is 9.47 Å². The molecule has 2 aromatic rings. The van der Waals surface area contributed by atoms with Crippen LogP contribution in [0, 0.1) is 6.92 Å². The highest BCUT2D eigenvalue weighted by Gasteiger charge is 2.33. The molecule has 0 radical (unpaired) electrons. The van der Waals surface area contributed by atoms with Gasteiger partial charge in [0.1, 0.15) is 5.69 Å². The van der Waals surface area contributed by atoms with Crippen molar-refractivity contribution in [3.8, 4) is 11.9 Å². The zero-order chi connectivity index (χ0) is 18.0. The van der Waals surface area contributed by atoms with Crippen molar-refractivity contribution in [1.82, 2.24) is 14.9 Å². The molecule has 0 unspecified atom stereocenters. The number of aliphatic hydroxyl groups excluding tert-OH is 1. The van der Waals surface area contributed by atoms with Gasteiger partial charge in [0, 0.05) is 30.0 Å². The van der Waals surface area contributed by atoms with Crippen LogP contribution in [0.1, 0.15) is 33.3 Å². The summed E-state index contributed by atoms with van der Waals surface area (Å²) in [5, 5.41) is 12.6. The van der Waals surface area contributed by atoms with Crippen molar-refractivity contribution >= 4 is 17.2 Å². The van der Waals surface area contributed by atoms with Gasteiger partial charge in [-0.25, -0.2) is 0 Å². The molecule has 7 nitrogen and oxygen atoms in total. The molecule has 1 amide bonds. The smallest absolute Gasteiger partial charge is 0.320 e. The zero-order valence-corrected chi connectivity index (χ0v) is 15.2. The highest BCUT2D eigenvalue weighted by atomic mass is 32.1. The van der Waals surface area contributed by atoms with Crippen LogP contribution in [-0.2, 0) is 0 Å². The SMILES string of the molecule is COc1cc(C(=O)N2CC[C@@H](c3sccc3C)[C@H](O)C2)nc(OC)n1. The Morgan fingerprint density at radius 2 is 2.16 bits per heavy atom. The minimum absolute atomic E-state index is 0.0681. The van der Waals surface area contributed by atoms with Gasteiger partial charge in [0.05, 0.1) is 20.3 Å². The third-order valence-corrected chi connectivity index (χ3v) is 5.55. The van der Waals surface area contributed by atoms with Gasteiger partial charge in [-0.15, -0.1) is 11.3 Å². The predicted molar refractivity (Wildman–Crippen MR) is 93.5 cm³/mol. The first kappa shape index (κ1) is 17.6. The lowest BCUT2D eigenvalue weighted by Gasteiger charge is -2.35. The van der Waals surface area contributed by atoms with Crippen LogP contribution in [0.15, 0.2) is 17.5 Å². The Morgan fingerprint density at radius 1 is 1.36 bits per heavy atom. The molecule has 1 fully saturated rings. The van der Waals surface area contributed by atoms with E-state index in [1.165, 1.54) is 30.7 Å². The van der Waals surface area contributed by atoms with Gasteiger partial charge in [-0.1, -0.05) is 0 Å². The summed E-state index contributed by atoms with van der Waals surface area (Å²) in [7, 11) is 2.90. The summed E-state index contributed by atoms with van der Waals surface area (Å²) >= 11 is 1.66. The summed E-state index contributed by atoms with van der Waals surface area (Å²) in [6.07, 6.45) is 0.119. The fourth-order valence-corrected chi connectivity index (χ4v) is 4.18. The highest BCUT2D eigenvalue weighted by Crippen LogP contribution is 2.34. The number of hydrogen-bond donors (Lipinski definition) is 1. The summed E-state index contributed by atoms with van der Waals surface area (Å²) in [4.78, 5) is 23.7. The molecule has 1 aliphatic heterocycles. The first-order valence-electron chi connectivity index (χ1n) is 8.02. The van der Waals surface area contributed by atoms with E-state index in [9.17, 15) is 9.90 Å². The van der Waals surface area contributed by atoms with Crippen molar-refractivity contribution < 1.29 is 19.4 Å². The maximum absolute atomic E-state index is 12.8. The van der Waals surface area contributed by atoms with Gasteiger partial charge >= 0.3 is 6.01 Å². The van der Waals surface area contributed by atoms with Crippen LogP contribution in [0.2, 0.25) is 0 Å². The van der Waals surface area contributed by atoms with E-state index < -0.39 is 6.10 Å². The van der Waals surface area contributed by atoms with Crippen LogP contribution in [0.3, 0.4) is 0 Å². The number of β-amino-alcohol motifs (C(OH)–C–C–N with tert-alkyl or cyclic N) is 1. The third-order valence-electron chi connectivity index (χ3n) is 4.40. The lowest BCUT2D eigenvalue weighted by atomic mass is 9.90. The number of aliphatic hydroxyl groups is 1. The Labute approximate surface area is 150 Å². The van der Waals surface area contributed by atoms with E-state index in [1.807, 2.05) is 5.38 Å². The molecule has 1 saturated heterocycles. The molecule has 1 N–H and O–H groups in total. The first-order valence-corrected chi connectivity index (χ1v) is 8.89. The molecule has 3 heterocycles. The van der Waals surface area contributed by atoms with Crippen LogP contribution in [0.25, 0.3) is 0 Å². The van der Waals surface area contributed by atoms with Gasteiger partial charge in [-0.2, -0.15) is 9.97 Å². The number of ether oxygens (including phenoxy) is 2. The number of rotatable bonds is 4. The van der Waals surface area contributed by atoms with E-state index in [4.69, 9.17) is 9.47 Å². The van der Waals surface area contributed by atoms with Crippen LogP contribution in [-0.4, -0.2) is 59.3 Å². The summed E-state index contributed by atoms with van der Waals surface area (Å²) in [6, 6.07) is 3.61. The molecule has 0 aromatic carbocycles. The minimum atomic E-state index is -0.597. The molecular weight excluding hydrogens is 342 g/mol. The predicted octanol–water partition coefficient (Wildman–Crippen LogP) is 1.85. The van der Waals surface area contributed by atoms with Crippen molar-refractivity contribution in [1.29, 1.82) is 0 Å². The van der Waals surface area contributed by atoms with E-state index >= 15 is 0 Å². The average Bonchev–Trinajstić information content (AvgIpc) is 3.06. The number of hydrogen-bond acceptors (Lipinski definition) is 7. The Kier molecular flexibility index (Phi) is 5.19. The van der Waals surface area contributed by atoms with E-state index in [0.717, 1.165) is 0 Å². The lowest BCUT2D eigenvalue weighted by Crippen LogP contribution is -2.46. The number of carbonyl (C=O) groups is 1. The zero-order valence-electron chi connectivity index (χ0n) is 14.4. The van der Waals surface area contributed by atoms with Crippen LogP contribution in [0.4, 0.5) is 0 Å². The first-order chi connectivity index (χ1) is 12.0. The number of likely N-dealkylation sites (tertiary alicyclic amines) is 1. The topological polar surface area (TPSA) is 84.8 Å². The molecule has 0 bridgehead atoms. The molecule has 3 rings (SSSR count). The van der Waals surface area contributed by atoms with Gasteiger partial charge in [-0.05, 0) is 30.4 Å². The maximum Gasteiger partial charge on any atom is 0.320 e. The quantitative estimate of drug-likeness (QED) is 0.892. The number of aryl methyl sites for hydroxylation is 1. The number of amides is 1. The molecule has 2 aromatic heterocycles. The van der Waals surface area contributed by atoms with Gasteiger partial charge in [0.2, 0.25) is 5.88 Å². The molecule has 25 heavy (non-hydrogen) atoms. The molecular formula is C17H21N3O4S. The van der Waals surface area contributed by atoms with Crippen molar-refractivity contribution in [2.45, 2.75) is 25.4 Å². The highest BCUT2D eigenvalue weighted by molar-refractivity contribution is 7.10. The molecule has 1 aliphatic rings. The maximum atomic E-state index is 12.8. The van der Waals surface area contributed by atoms with E-state index in [0.29, 0.717) is 13.0 Å².